The van der Waals surface area contributed by atoms with Crippen molar-refractivity contribution < 1.29 is 0 Å². The Morgan fingerprint density at radius 1 is 1.47 bits per heavy atom. The van der Waals surface area contributed by atoms with E-state index in [-0.39, 0.29) is 5.38 Å². The van der Waals surface area contributed by atoms with Crippen LogP contribution in [0.3, 0.4) is 0 Å². The van der Waals surface area contributed by atoms with Gasteiger partial charge in [0.25, 0.3) is 0 Å². The first-order valence-electron chi connectivity index (χ1n) is 5.57. The van der Waals surface area contributed by atoms with Crippen LogP contribution in [0.4, 0.5) is 0 Å². The quantitative estimate of drug-likeness (QED) is 0.802. The van der Waals surface area contributed by atoms with Crippen LogP contribution in [0, 0.1) is 13.8 Å². The fourth-order valence-corrected chi connectivity index (χ4v) is 2.51. The monoisotopic (exact) mass is 270 g/mol. The maximum absolute atomic E-state index is 6.11. The molecule has 0 aliphatic rings. The van der Waals surface area contributed by atoms with Gasteiger partial charge in [-0.05, 0) is 20.3 Å². The molecule has 0 spiro atoms. The highest BCUT2D eigenvalue weighted by atomic mass is 35.5. The van der Waals surface area contributed by atoms with Gasteiger partial charge >= 0.3 is 0 Å². The minimum Gasteiger partial charge on any atom is -0.245 e. The predicted molar refractivity (Wildman–Crippen MR) is 69.6 cm³/mol. The number of alkyl halides is 1. The van der Waals surface area contributed by atoms with Crippen LogP contribution in [0.15, 0.2) is 6.20 Å². The van der Waals surface area contributed by atoms with Gasteiger partial charge in [0.2, 0.25) is 0 Å². The van der Waals surface area contributed by atoms with Gasteiger partial charge in [0, 0.05) is 4.88 Å². The Morgan fingerprint density at radius 2 is 2.24 bits per heavy atom. The van der Waals surface area contributed by atoms with Crippen LogP contribution < -0.4 is 0 Å². The maximum Gasteiger partial charge on any atom is 0.115 e. The normalized spacial score (nSPS) is 12.9. The third kappa shape index (κ3) is 2.84. The average Bonchev–Trinajstić information content (AvgIpc) is 2.87. The van der Waals surface area contributed by atoms with Gasteiger partial charge in [0.15, 0.2) is 0 Å². The second kappa shape index (κ2) is 5.14. The number of aryl methyl sites for hydroxylation is 2. The van der Waals surface area contributed by atoms with Crippen LogP contribution in [0.5, 0.6) is 0 Å². The Hall–Kier alpha value is -0.940. The summed E-state index contributed by atoms with van der Waals surface area (Å²) in [5, 5.41) is 9.14. The Balaban J connectivity index is 2.11. The molecule has 0 N–H and O–H groups in total. The van der Waals surface area contributed by atoms with Crippen LogP contribution in [-0.2, 0) is 6.54 Å². The lowest BCUT2D eigenvalue weighted by Gasteiger charge is -1.98. The molecule has 0 aliphatic heterocycles. The van der Waals surface area contributed by atoms with Crippen LogP contribution in [0.1, 0.15) is 40.0 Å². The molecule has 2 rings (SSSR count). The zero-order valence-electron chi connectivity index (χ0n) is 10.1. The maximum atomic E-state index is 6.11. The van der Waals surface area contributed by atoms with E-state index in [1.807, 2.05) is 20.0 Å². The molecule has 4 nitrogen and oxygen atoms in total. The Labute approximate surface area is 110 Å². The van der Waals surface area contributed by atoms with E-state index in [4.69, 9.17) is 11.6 Å². The van der Waals surface area contributed by atoms with E-state index >= 15 is 0 Å². The molecular weight excluding hydrogens is 256 g/mol. The molecule has 0 fully saturated rings. The van der Waals surface area contributed by atoms with Gasteiger partial charge in [0.05, 0.1) is 23.8 Å². The second-order valence-electron chi connectivity index (χ2n) is 3.97. The molecule has 0 saturated carbocycles. The van der Waals surface area contributed by atoms with E-state index in [0.29, 0.717) is 6.54 Å². The van der Waals surface area contributed by atoms with Crippen molar-refractivity contribution >= 4 is 22.9 Å². The van der Waals surface area contributed by atoms with Crippen LogP contribution in [0.2, 0.25) is 0 Å². The van der Waals surface area contributed by atoms with Crippen molar-refractivity contribution in [3.05, 3.63) is 27.5 Å². The van der Waals surface area contributed by atoms with Crippen molar-refractivity contribution in [2.24, 2.45) is 0 Å². The topological polar surface area (TPSA) is 43.6 Å². The van der Waals surface area contributed by atoms with Crippen molar-refractivity contribution in [1.29, 1.82) is 0 Å². The fraction of sp³-hybridized carbons (Fsp3) is 0.545. The summed E-state index contributed by atoms with van der Waals surface area (Å²) >= 11 is 7.81. The smallest absolute Gasteiger partial charge is 0.115 e. The molecule has 92 valence electrons. The largest absolute Gasteiger partial charge is 0.245 e. The molecule has 1 unspecified atom stereocenters. The van der Waals surface area contributed by atoms with Gasteiger partial charge in [-0.15, -0.1) is 28.0 Å². The lowest BCUT2D eigenvalue weighted by atomic mass is 10.3. The van der Waals surface area contributed by atoms with Crippen molar-refractivity contribution in [1.82, 2.24) is 20.0 Å². The third-order valence-corrected chi connectivity index (χ3v) is 4.20. The number of hydrogen-bond acceptors (Lipinski definition) is 4. The van der Waals surface area contributed by atoms with Crippen molar-refractivity contribution in [3.63, 3.8) is 0 Å². The van der Waals surface area contributed by atoms with E-state index in [9.17, 15) is 0 Å². The summed E-state index contributed by atoms with van der Waals surface area (Å²) in [4.78, 5) is 5.73. The molecule has 2 aromatic heterocycles. The summed E-state index contributed by atoms with van der Waals surface area (Å²) in [7, 11) is 0. The lowest BCUT2D eigenvalue weighted by Crippen LogP contribution is -1.99. The van der Waals surface area contributed by atoms with E-state index in [1.54, 1.807) is 16.0 Å². The third-order valence-electron chi connectivity index (χ3n) is 2.61. The number of nitrogens with zero attached hydrogens (tertiary/aromatic N) is 4. The molecule has 0 radical (unpaired) electrons. The molecule has 2 aromatic rings. The van der Waals surface area contributed by atoms with E-state index < -0.39 is 0 Å². The van der Waals surface area contributed by atoms with Crippen molar-refractivity contribution in [2.45, 2.75) is 39.1 Å². The van der Waals surface area contributed by atoms with Crippen LogP contribution in [-0.4, -0.2) is 20.0 Å². The van der Waals surface area contributed by atoms with Crippen LogP contribution in [0.25, 0.3) is 0 Å². The molecule has 0 saturated heterocycles. The first kappa shape index (κ1) is 12.5. The van der Waals surface area contributed by atoms with Crippen molar-refractivity contribution in [2.75, 3.05) is 0 Å². The van der Waals surface area contributed by atoms with E-state index in [2.05, 4.69) is 22.2 Å². The fourth-order valence-electron chi connectivity index (χ4n) is 1.49. The number of hydrogen-bond donors (Lipinski definition) is 0. The zero-order chi connectivity index (χ0) is 12.4. The van der Waals surface area contributed by atoms with Crippen LogP contribution >= 0.6 is 22.9 Å². The van der Waals surface area contributed by atoms with Crippen molar-refractivity contribution in [3.8, 4) is 0 Å². The highest BCUT2D eigenvalue weighted by Gasteiger charge is 2.11. The van der Waals surface area contributed by atoms with Gasteiger partial charge in [-0.2, -0.15) is 0 Å². The standard InChI is InChI=1S/C11H15ClN4S/c1-4-9(12)10-5-16(15-14-10)6-11-13-7(2)8(3)17-11/h5,9H,4,6H2,1-3H3. The minimum atomic E-state index is -0.0523. The highest BCUT2D eigenvalue weighted by molar-refractivity contribution is 7.11. The molecule has 1 atom stereocenters. The van der Waals surface area contributed by atoms with E-state index in [0.717, 1.165) is 22.8 Å². The van der Waals surface area contributed by atoms with Gasteiger partial charge in [0.1, 0.15) is 10.7 Å². The summed E-state index contributed by atoms with van der Waals surface area (Å²) in [6, 6.07) is 0. The Morgan fingerprint density at radius 3 is 2.82 bits per heavy atom. The molecule has 0 bridgehead atoms. The lowest BCUT2D eigenvalue weighted by molar-refractivity contribution is 0.645. The average molecular weight is 271 g/mol. The van der Waals surface area contributed by atoms with Gasteiger partial charge in [-0.1, -0.05) is 12.1 Å². The molecule has 0 amide bonds. The minimum absolute atomic E-state index is 0.0523. The number of rotatable bonds is 4. The summed E-state index contributed by atoms with van der Waals surface area (Å²) < 4.78 is 1.79. The summed E-state index contributed by atoms with van der Waals surface area (Å²) in [6.45, 7) is 6.80. The number of aromatic nitrogens is 4. The molecule has 6 heteroatoms. The summed E-state index contributed by atoms with van der Waals surface area (Å²) in [6.07, 6.45) is 2.75. The molecule has 17 heavy (non-hydrogen) atoms. The zero-order valence-corrected chi connectivity index (χ0v) is 11.7. The Bertz CT molecular complexity index is 486. The SMILES string of the molecule is CCC(Cl)c1cn(Cc2nc(C)c(C)s2)nn1. The second-order valence-corrected chi connectivity index (χ2v) is 5.78. The molecule has 2 heterocycles. The van der Waals surface area contributed by atoms with Gasteiger partial charge < -0.3 is 0 Å². The number of halogens is 1. The molecule has 0 aliphatic carbocycles. The first-order valence-corrected chi connectivity index (χ1v) is 6.82. The van der Waals surface area contributed by atoms with Gasteiger partial charge in [-0.25, -0.2) is 9.67 Å². The first-order chi connectivity index (χ1) is 8.10. The highest BCUT2D eigenvalue weighted by Crippen LogP contribution is 2.22. The molecule has 0 aromatic carbocycles. The molecular formula is C11H15ClN4S. The predicted octanol–water partition coefficient (Wildman–Crippen LogP) is 3.09. The number of thiazole rings is 1. The van der Waals surface area contributed by atoms with E-state index in [1.165, 1.54) is 4.88 Å². The summed E-state index contributed by atoms with van der Waals surface area (Å²) in [5.41, 5.74) is 1.92. The summed E-state index contributed by atoms with van der Waals surface area (Å²) in [5.74, 6) is 0. The Kier molecular flexibility index (Phi) is 3.79. The van der Waals surface area contributed by atoms with Gasteiger partial charge in [-0.3, -0.25) is 0 Å².